The molecule has 13 heteroatoms. The van der Waals surface area contributed by atoms with E-state index in [9.17, 15) is 49.7 Å². The number of phenolic OH excluding ortho intramolecular Hbond substituents is 1. The summed E-state index contributed by atoms with van der Waals surface area (Å²) in [6, 6.07) is 5.52. The van der Waals surface area contributed by atoms with Crippen molar-refractivity contribution in [2.24, 2.45) is 23.2 Å². The fraction of sp³-hybridized carbons (Fsp3) is 0.824. The molecule has 3 nitrogen and oxygen atoms in total. The second-order valence-corrected chi connectivity index (χ2v) is 14.6. The number of aliphatic hydroxyl groups is 1. The Morgan fingerprint density at radius 3 is 2.23 bits per heavy atom. The summed E-state index contributed by atoms with van der Waals surface area (Å²) >= 11 is 0. The molecular weight excluding hydrogens is 644 g/mol. The van der Waals surface area contributed by atoms with E-state index in [1.165, 1.54) is 5.56 Å². The summed E-state index contributed by atoms with van der Waals surface area (Å²) in [4.78, 5) is 1.92. The molecule has 2 N–H and O–H groups in total. The highest BCUT2D eigenvalue weighted by atomic mass is 19.4. The van der Waals surface area contributed by atoms with Crippen molar-refractivity contribution in [3.05, 3.63) is 29.3 Å². The van der Waals surface area contributed by atoms with Gasteiger partial charge in [0.1, 0.15) is 11.9 Å². The van der Waals surface area contributed by atoms with E-state index in [0.29, 0.717) is 51.1 Å². The summed E-state index contributed by atoms with van der Waals surface area (Å²) in [6.45, 7) is 3.22. The predicted octanol–water partition coefficient (Wildman–Crippen LogP) is 9.69. The van der Waals surface area contributed by atoms with Gasteiger partial charge in [-0.3, -0.25) is 0 Å². The summed E-state index contributed by atoms with van der Waals surface area (Å²) in [5, 5.41) is 21.0. The number of aromatic hydroxyl groups is 1. The summed E-state index contributed by atoms with van der Waals surface area (Å²) in [7, 11) is 1.80. The zero-order chi connectivity index (χ0) is 35.0. The van der Waals surface area contributed by atoms with Crippen LogP contribution in [-0.4, -0.2) is 71.5 Å². The number of hydrogen-bond donors (Lipinski definition) is 2. The van der Waals surface area contributed by atoms with Crippen LogP contribution in [0.3, 0.4) is 0 Å². The number of hydrogen-bond acceptors (Lipinski definition) is 3. The van der Waals surface area contributed by atoms with E-state index in [1.807, 2.05) is 11.0 Å². The number of nitrogens with zero attached hydrogens (tertiary/aromatic N) is 1. The van der Waals surface area contributed by atoms with Crippen molar-refractivity contribution in [1.82, 2.24) is 4.90 Å². The van der Waals surface area contributed by atoms with Crippen LogP contribution in [0.25, 0.3) is 0 Å². The van der Waals surface area contributed by atoms with E-state index in [2.05, 4.69) is 6.92 Å². The number of rotatable bonds is 15. The van der Waals surface area contributed by atoms with Gasteiger partial charge < -0.3 is 15.1 Å². The maximum atomic E-state index is 15.5. The normalized spacial score (nSPS) is 29.0. The summed E-state index contributed by atoms with van der Waals surface area (Å²) in [6.07, 6.45) is -4.46. The van der Waals surface area contributed by atoms with Crippen molar-refractivity contribution >= 4 is 0 Å². The third-order valence-electron chi connectivity index (χ3n) is 11.4. The van der Waals surface area contributed by atoms with Crippen molar-refractivity contribution in [1.29, 1.82) is 0 Å². The smallest absolute Gasteiger partial charge is 0.460 e. The van der Waals surface area contributed by atoms with Gasteiger partial charge in [0.2, 0.25) is 0 Å². The van der Waals surface area contributed by atoms with Crippen molar-refractivity contribution in [3.63, 3.8) is 0 Å². The van der Waals surface area contributed by atoms with E-state index in [1.54, 1.807) is 19.2 Å². The molecule has 2 saturated carbocycles. The van der Waals surface area contributed by atoms with Gasteiger partial charge in [0.15, 0.2) is 0 Å². The van der Waals surface area contributed by atoms with Crippen molar-refractivity contribution in [2.75, 3.05) is 20.1 Å². The number of unbranched alkanes of at least 4 members (excludes halogenated alkanes) is 3. The van der Waals surface area contributed by atoms with Gasteiger partial charge in [0.05, 0.1) is 6.10 Å². The Morgan fingerprint density at radius 2 is 1.55 bits per heavy atom. The molecule has 0 bridgehead atoms. The van der Waals surface area contributed by atoms with Crippen LogP contribution in [0.4, 0.5) is 43.9 Å². The van der Waals surface area contributed by atoms with E-state index >= 15 is 4.39 Å². The molecule has 0 amide bonds. The monoisotopic (exact) mass is 691 g/mol. The zero-order valence-corrected chi connectivity index (χ0v) is 26.9. The van der Waals surface area contributed by atoms with E-state index in [0.717, 1.165) is 31.2 Å². The minimum absolute atomic E-state index is 0.0504. The molecule has 47 heavy (non-hydrogen) atoms. The van der Waals surface area contributed by atoms with Gasteiger partial charge in [0, 0.05) is 6.42 Å². The topological polar surface area (TPSA) is 43.7 Å². The molecule has 0 heterocycles. The quantitative estimate of drug-likeness (QED) is 0.142. The van der Waals surface area contributed by atoms with Crippen LogP contribution in [0.5, 0.6) is 5.75 Å². The fourth-order valence-corrected chi connectivity index (χ4v) is 8.76. The van der Waals surface area contributed by atoms with Crippen LogP contribution in [0.2, 0.25) is 0 Å². The third kappa shape index (κ3) is 7.70. The zero-order valence-electron chi connectivity index (χ0n) is 26.9. The first-order chi connectivity index (χ1) is 21.7. The number of aliphatic hydroxyl groups excluding tert-OH is 1. The van der Waals surface area contributed by atoms with Crippen LogP contribution in [0.1, 0.15) is 101 Å². The SMILES string of the molecule is CN(CCCCCCC(F)(F)C(F)(F)C(F)(F)C(F)(F)F)CCCC(F)C[C@@H]1Cc2cc(O)ccc2[C@H]2CC[C@]3(C)[C@@H](O)CC[C@H]3[C@H]12. The first-order valence-corrected chi connectivity index (χ1v) is 16.8. The molecule has 1 aromatic carbocycles. The lowest BCUT2D eigenvalue weighted by molar-refractivity contribution is -0.396. The molecule has 4 rings (SSSR count). The van der Waals surface area contributed by atoms with Gasteiger partial charge in [-0.25, -0.2) is 4.39 Å². The molecule has 7 atom stereocenters. The van der Waals surface area contributed by atoms with Crippen molar-refractivity contribution in [3.8, 4) is 5.75 Å². The molecule has 2 fully saturated rings. The second-order valence-electron chi connectivity index (χ2n) is 14.6. The molecule has 0 radical (unpaired) electrons. The van der Waals surface area contributed by atoms with Gasteiger partial charge >= 0.3 is 23.9 Å². The van der Waals surface area contributed by atoms with Crippen molar-refractivity contribution < 1.29 is 54.1 Å². The molecule has 270 valence electrons. The Hall–Kier alpha value is -1.76. The third-order valence-corrected chi connectivity index (χ3v) is 11.4. The first kappa shape index (κ1) is 38.0. The molecule has 0 aliphatic heterocycles. The van der Waals surface area contributed by atoms with Crippen LogP contribution < -0.4 is 0 Å². The number of phenols is 1. The lowest BCUT2D eigenvalue weighted by atomic mass is 9.52. The molecule has 1 unspecified atom stereocenters. The largest absolute Gasteiger partial charge is 0.508 e. The standard InChI is InChI=1S/C34H47F10NO2/c1-30-15-13-26-25-10-9-24(46)20-21(25)18-22(29(26)27(30)11-12-28(30)47)19-23(35)8-7-17-45(2)16-6-4-3-5-14-31(36,37)32(38,39)33(40,41)34(42,43)44/h9-10,20,22-23,26-29,46-47H,3-8,11-19H2,1-2H3/t22-,23?,26+,27-,28-,29+,30-/m0/s1. The van der Waals surface area contributed by atoms with Gasteiger partial charge in [0.25, 0.3) is 0 Å². The van der Waals surface area contributed by atoms with Gasteiger partial charge in [-0.1, -0.05) is 25.8 Å². The average molecular weight is 692 g/mol. The molecule has 0 spiro atoms. The van der Waals surface area contributed by atoms with Gasteiger partial charge in [-0.2, -0.15) is 39.5 Å². The van der Waals surface area contributed by atoms with E-state index in [-0.39, 0.29) is 47.9 Å². The highest BCUT2D eigenvalue weighted by Gasteiger charge is 2.81. The van der Waals surface area contributed by atoms with Crippen LogP contribution in [0.15, 0.2) is 18.2 Å². The molecular formula is C34H47F10NO2. The Morgan fingerprint density at radius 1 is 0.894 bits per heavy atom. The van der Waals surface area contributed by atoms with Crippen LogP contribution in [-0.2, 0) is 6.42 Å². The highest BCUT2D eigenvalue weighted by molar-refractivity contribution is 5.40. The Labute approximate surface area is 270 Å². The molecule has 1 aromatic rings. The Bertz CT molecular complexity index is 1190. The highest BCUT2D eigenvalue weighted by Crippen LogP contribution is 2.63. The lowest BCUT2D eigenvalue weighted by Gasteiger charge is -2.53. The van der Waals surface area contributed by atoms with Crippen molar-refractivity contribution in [2.45, 2.75) is 133 Å². The average Bonchev–Trinajstić information content (AvgIpc) is 3.27. The number of fused-ring (bicyclic) bond motifs is 5. The molecule has 3 aliphatic rings. The summed E-state index contributed by atoms with van der Waals surface area (Å²) in [5.74, 6) is -17.8. The number of halogens is 10. The minimum Gasteiger partial charge on any atom is -0.508 e. The van der Waals surface area contributed by atoms with Crippen LogP contribution in [0, 0.1) is 23.2 Å². The first-order valence-electron chi connectivity index (χ1n) is 16.8. The van der Waals surface area contributed by atoms with Gasteiger partial charge in [-0.15, -0.1) is 0 Å². The summed E-state index contributed by atoms with van der Waals surface area (Å²) < 4.78 is 132. The number of benzene rings is 1. The van der Waals surface area contributed by atoms with E-state index in [4.69, 9.17) is 0 Å². The molecule has 3 aliphatic carbocycles. The maximum Gasteiger partial charge on any atom is 0.460 e. The second kappa shape index (κ2) is 14.2. The minimum atomic E-state index is -6.85. The van der Waals surface area contributed by atoms with Gasteiger partial charge in [-0.05, 0) is 137 Å². The Kier molecular flexibility index (Phi) is 11.5. The molecule has 0 aromatic heterocycles. The predicted molar refractivity (Wildman–Crippen MR) is 158 cm³/mol. The summed E-state index contributed by atoms with van der Waals surface area (Å²) in [5.41, 5.74) is 2.14. The van der Waals surface area contributed by atoms with E-state index < -0.39 is 43.0 Å². The maximum absolute atomic E-state index is 15.5. The number of alkyl halides is 10. The van der Waals surface area contributed by atoms with Crippen LogP contribution >= 0.6 is 0 Å². The lowest BCUT2D eigenvalue weighted by Crippen LogP contribution is -2.60. The molecule has 0 saturated heterocycles. The Balaban J connectivity index is 1.20. The fourth-order valence-electron chi connectivity index (χ4n) is 8.76.